The molecule has 0 radical (unpaired) electrons. The monoisotopic (exact) mass is 360 g/mol. The molecule has 1 rings (SSSR count). The Hall–Kier alpha value is -0.950. The number of halogens is 1. The van der Waals surface area contributed by atoms with E-state index in [0.717, 1.165) is 11.1 Å². The number of carboxylic acids is 1. The standard InChI is InChI=1S/C13H17IN2O2/c1-13(2,14)16-8-10-5-3-9(4-6-10)7-11(15)12(17)18/h3-6,8,11H,7,15H2,1-2H3,(H,17,18)/b16-8+. The summed E-state index contributed by atoms with van der Waals surface area (Å²) in [6.07, 6.45) is 2.15. The molecule has 0 aliphatic carbocycles. The zero-order valence-corrected chi connectivity index (χ0v) is 12.6. The number of carbonyl (C=O) groups is 1. The molecule has 3 N–H and O–H groups in total. The molecular formula is C13H17IN2O2. The van der Waals surface area contributed by atoms with E-state index in [1.807, 2.05) is 44.3 Å². The molecule has 0 amide bonds. The van der Waals surface area contributed by atoms with Crippen molar-refractivity contribution in [2.75, 3.05) is 0 Å². The van der Waals surface area contributed by atoms with Crippen molar-refractivity contribution in [2.45, 2.75) is 29.9 Å². The molecule has 0 aromatic heterocycles. The second-order valence-corrected chi connectivity index (χ2v) is 7.20. The number of aliphatic carboxylic acids is 1. The summed E-state index contributed by atoms with van der Waals surface area (Å²) < 4.78 is -0.123. The van der Waals surface area contributed by atoms with E-state index in [1.54, 1.807) is 0 Å². The average molecular weight is 360 g/mol. The summed E-state index contributed by atoms with van der Waals surface area (Å²) in [7, 11) is 0. The molecule has 1 aromatic carbocycles. The molecule has 0 saturated heterocycles. The van der Waals surface area contributed by atoms with Crippen molar-refractivity contribution < 1.29 is 9.90 Å². The van der Waals surface area contributed by atoms with Gasteiger partial charge in [-0.2, -0.15) is 0 Å². The lowest BCUT2D eigenvalue weighted by molar-refractivity contribution is -0.138. The molecule has 0 heterocycles. The minimum atomic E-state index is -0.979. The van der Waals surface area contributed by atoms with Gasteiger partial charge in [-0.05, 0) is 31.4 Å². The first-order valence-electron chi connectivity index (χ1n) is 5.59. The fraction of sp³-hybridized carbons (Fsp3) is 0.385. The lowest BCUT2D eigenvalue weighted by atomic mass is 10.1. The molecule has 18 heavy (non-hydrogen) atoms. The van der Waals surface area contributed by atoms with Crippen LogP contribution in [0.2, 0.25) is 0 Å². The molecule has 1 aromatic rings. The molecule has 0 bridgehead atoms. The second-order valence-electron chi connectivity index (χ2n) is 4.56. The lowest BCUT2D eigenvalue weighted by Crippen LogP contribution is -2.32. The van der Waals surface area contributed by atoms with Crippen LogP contribution in [0, 0.1) is 0 Å². The van der Waals surface area contributed by atoms with E-state index in [2.05, 4.69) is 27.6 Å². The number of benzene rings is 1. The van der Waals surface area contributed by atoms with E-state index in [-0.39, 0.29) is 3.55 Å². The number of hydrogen-bond acceptors (Lipinski definition) is 3. The fourth-order valence-electron chi connectivity index (χ4n) is 1.31. The maximum Gasteiger partial charge on any atom is 0.320 e. The first-order chi connectivity index (χ1) is 8.28. The Morgan fingerprint density at radius 1 is 1.50 bits per heavy atom. The first-order valence-corrected chi connectivity index (χ1v) is 6.67. The molecule has 0 aliphatic heterocycles. The Bertz CT molecular complexity index is 435. The van der Waals surface area contributed by atoms with Crippen LogP contribution in [-0.2, 0) is 11.2 Å². The highest BCUT2D eigenvalue weighted by Gasteiger charge is 2.11. The summed E-state index contributed by atoms with van der Waals surface area (Å²) in [6, 6.07) is 6.73. The van der Waals surface area contributed by atoms with Crippen LogP contribution in [0.4, 0.5) is 0 Å². The van der Waals surface area contributed by atoms with Crippen LogP contribution in [0.3, 0.4) is 0 Å². The summed E-state index contributed by atoms with van der Waals surface area (Å²) in [6.45, 7) is 4.04. The maximum absolute atomic E-state index is 10.6. The Balaban J connectivity index is 2.69. The summed E-state index contributed by atoms with van der Waals surface area (Å²) in [4.78, 5) is 15.0. The molecule has 5 heteroatoms. The molecule has 0 spiro atoms. The van der Waals surface area contributed by atoms with Gasteiger partial charge in [0.25, 0.3) is 0 Å². The van der Waals surface area contributed by atoms with Crippen LogP contribution in [-0.4, -0.2) is 26.9 Å². The van der Waals surface area contributed by atoms with Gasteiger partial charge >= 0.3 is 5.97 Å². The normalized spacial score (nSPS) is 13.8. The quantitative estimate of drug-likeness (QED) is 0.366. The molecule has 0 fully saturated rings. The van der Waals surface area contributed by atoms with E-state index in [0.29, 0.717) is 6.42 Å². The van der Waals surface area contributed by atoms with Crippen molar-refractivity contribution >= 4 is 34.8 Å². The van der Waals surface area contributed by atoms with Gasteiger partial charge in [0.2, 0.25) is 0 Å². The highest BCUT2D eigenvalue weighted by Crippen LogP contribution is 2.17. The predicted molar refractivity (Wildman–Crippen MR) is 81.5 cm³/mol. The fourth-order valence-corrected chi connectivity index (χ4v) is 1.45. The SMILES string of the molecule is CC(C)(I)/N=C/c1ccc(CC(N)C(=O)O)cc1. The van der Waals surface area contributed by atoms with Crippen molar-refractivity contribution in [1.29, 1.82) is 0 Å². The lowest BCUT2D eigenvalue weighted by Gasteiger charge is -2.09. The van der Waals surface area contributed by atoms with Crippen molar-refractivity contribution in [3.8, 4) is 0 Å². The van der Waals surface area contributed by atoms with E-state index in [4.69, 9.17) is 10.8 Å². The highest BCUT2D eigenvalue weighted by molar-refractivity contribution is 14.1. The zero-order chi connectivity index (χ0) is 13.8. The van der Waals surface area contributed by atoms with Crippen LogP contribution in [0.5, 0.6) is 0 Å². The number of nitrogens with two attached hydrogens (primary N) is 1. The Labute approximate surface area is 120 Å². The van der Waals surface area contributed by atoms with Gasteiger partial charge in [0.05, 0.1) is 0 Å². The van der Waals surface area contributed by atoms with E-state index >= 15 is 0 Å². The number of nitrogens with zero attached hydrogens (tertiary/aromatic N) is 1. The average Bonchev–Trinajstić information content (AvgIpc) is 2.27. The Morgan fingerprint density at radius 3 is 2.50 bits per heavy atom. The van der Waals surface area contributed by atoms with Crippen LogP contribution in [0.25, 0.3) is 0 Å². The topological polar surface area (TPSA) is 75.7 Å². The zero-order valence-electron chi connectivity index (χ0n) is 10.4. The van der Waals surface area contributed by atoms with Gasteiger partial charge in [-0.25, -0.2) is 0 Å². The highest BCUT2D eigenvalue weighted by atomic mass is 127. The third-order valence-electron chi connectivity index (χ3n) is 2.27. The summed E-state index contributed by atoms with van der Waals surface area (Å²) in [5.41, 5.74) is 7.38. The number of carboxylic acid groups (broad SMARTS) is 1. The van der Waals surface area contributed by atoms with Gasteiger partial charge in [0.15, 0.2) is 0 Å². The van der Waals surface area contributed by atoms with E-state index < -0.39 is 12.0 Å². The minimum absolute atomic E-state index is 0.123. The predicted octanol–water partition coefficient (Wildman–Crippen LogP) is 2.23. The minimum Gasteiger partial charge on any atom is -0.480 e. The third kappa shape index (κ3) is 5.59. The summed E-state index contributed by atoms with van der Waals surface area (Å²) in [5, 5.41) is 8.72. The van der Waals surface area contributed by atoms with Crippen LogP contribution >= 0.6 is 22.6 Å². The van der Waals surface area contributed by atoms with E-state index in [9.17, 15) is 4.79 Å². The first kappa shape index (κ1) is 15.1. The van der Waals surface area contributed by atoms with Crippen LogP contribution < -0.4 is 5.73 Å². The molecule has 0 saturated carbocycles. The van der Waals surface area contributed by atoms with Gasteiger partial charge in [-0.1, -0.05) is 46.9 Å². The molecule has 1 unspecified atom stereocenters. The summed E-state index contributed by atoms with van der Waals surface area (Å²) in [5.74, 6) is -0.979. The number of alkyl halides is 1. The van der Waals surface area contributed by atoms with Gasteiger partial charge in [0.1, 0.15) is 9.59 Å². The molecular weight excluding hydrogens is 343 g/mol. The Morgan fingerprint density at radius 2 is 2.06 bits per heavy atom. The number of aliphatic imine (C=N–C) groups is 1. The Kier molecular flexibility index (Phi) is 5.28. The smallest absolute Gasteiger partial charge is 0.320 e. The van der Waals surface area contributed by atoms with Crippen molar-refractivity contribution in [1.82, 2.24) is 0 Å². The van der Waals surface area contributed by atoms with Crippen LogP contribution in [0.15, 0.2) is 29.3 Å². The third-order valence-corrected chi connectivity index (χ3v) is 2.55. The maximum atomic E-state index is 10.6. The van der Waals surface area contributed by atoms with Gasteiger partial charge in [0, 0.05) is 6.21 Å². The van der Waals surface area contributed by atoms with Crippen molar-refractivity contribution in [2.24, 2.45) is 10.7 Å². The van der Waals surface area contributed by atoms with Gasteiger partial charge in [-0.3, -0.25) is 9.79 Å². The molecule has 98 valence electrons. The summed E-state index contributed by atoms with van der Waals surface area (Å²) >= 11 is 2.25. The van der Waals surface area contributed by atoms with Crippen molar-refractivity contribution in [3.05, 3.63) is 35.4 Å². The molecule has 1 atom stereocenters. The van der Waals surface area contributed by atoms with Crippen molar-refractivity contribution in [3.63, 3.8) is 0 Å². The largest absolute Gasteiger partial charge is 0.480 e. The van der Waals surface area contributed by atoms with Gasteiger partial charge < -0.3 is 10.8 Å². The van der Waals surface area contributed by atoms with E-state index in [1.165, 1.54) is 0 Å². The number of hydrogen-bond donors (Lipinski definition) is 2. The second kappa shape index (κ2) is 6.29. The van der Waals surface area contributed by atoms with Gasteiger partial charge in [-0.15, -0.1) is 0 Å². The molecule has 4 nitrogen and oxygen atoms in total. The molecule has 0 aliphatic rings. The van der Waals surface area contributed by atoms with Crippen LogP contribution in [0.1, 0.15) is 25.0 Å². The number of rotatable bonds is 5.